The second-order valence-corrected chi connectivity index (χ2v) is 12.7. The number of likely N-dealkylation sites (N-methyl/N-ethyl adjacent to an activating group) is 1. The molecule has 1 saturated heterocycles. The molecule has 4 aromatic rings. The summed E-state index contributed by atoms with van der Waals surface area (Å²) in [5, 5.41) is 8.97. The van der Waals surface area contributed by atoms with E-state index in [1.54, 1.807) is 41.7 Å². The maximum Gasteiger partial charge on any atom is 0.281 e. The molecule has 0 spiro atoms. The van der Waals surface area contributed by atoms with Gasteiger partial charge in [0.25, 0.3) is 5.56 Å². The van der Waals surface area contributed by atoms with Crippen LogP contribution in [0.5, 0.6) is 5.75 Å². The topological polar surface area (TPSA) is 143 Å². The molecule has 3 aromatic heterocycles. The zero-order valence-electron chi connectivity index (χ0n) is 26.1. The van der Waals surface area contributed by atoms with Crippen LogP contribution in [0.15, 0.2) is 34.2 Å². The summed E-state index contributed by atoms with van der Waals surface area (Å²) < 4.78 is 45.0. The first-order chi connectivity index (χ1) is 21.2. The standard InChI is InChI=1S/C29H41N9O5S/c1-6-9-23-25-26(33-38(23)29-30-20-31-37(29)16-18-42-5)28(39)34(4)27(32-25)22-19-21(10-11-24(22)43-17-7-2)44(40,41)36-14-12-35(8-3)13-15-36/h10-11,19-20H,6-9,12-18H2,1-5H3. The van der Waals surface area contributed by atoms with Gasteiger partial charge in [-0.3, -0.25) is 9.36 Å². The zero-order chi connectivity index (χ0) is 31.4. The number of ether oxygens (including phenoxy) is 2. The van der Waals surface area contributed by atoms with Crippen LogP contribution in [0.4, 0.5) is 0 Å². The minimum absolute atomic E-state index is 0.131. The molecule has 5 rings (SSSR count). The summed E-state index contributed by atoms with van der Waals surface area (Å²) in [6, 6.07) is 4.80. The molecule has 1 fully saturated rings. The Hall–Kier alpha value is -3.66. The number of aromatic nitrogens is 7. The first kappa shape index (κ1) is 31.8. The number of sulfonamides is 1. The predicted molar refractivity (Wildman–Crippen MR) is 166 cm³/mol. The lowest BCUT2D eigenvalue weighted by molar-refractivity contribution is 0.183. The highest BCUT2D eigenvalue weighted by atomic mass is 32.2. The fourth-order valence-corrected chi connectivity index (χ4v) is 6.83. The molecule has 1 aliphatic heterocycles. The van der Waals surface area contributed by atoms with Gasteiger partial charge < -0.3 is 14.4 Å². The van der Waals surface area contributed by atoms with Crippen molar-refractivity contribution in [3.8, 4) is 23.1 Å². The van der Waals surface area contributed by atoms with Crippen molar-refractivity contribution in [3.63, 3.8) is 0 Å². The van der Waals surface area contributed by atoms with Gasteiger partial charge in [0.05, 0.1) is 35.9 Å². The van der Waals surface area contributed by atoms with Gasteiger partial charge in [0.2, 0.25) is 16.0 Å². The maximum atomic E-state index is 13.8. The average molecular weight is 628 g/mol. The summed E-state index contributed by atoms with van der Waals surface area (Å²) >= 11 is 0. The molecule has 14 nitrogen and oxygen atoms in total. The van der Waals surface area contributed by atoms with Crippen LogP contribution in [0, 0.1) is 0 Å². The number of piperazine rings is 1. The third-order valence-corrected chi connectivity index (χ3v) is 9.74. The Morgan fingerprint density at radius 2 is 1.77 bits per heavy atom. The van der Waals surface area contributed by atoms with Crippen molar-refractivity contribution in [2.24, 2.45) is 7.05 Å². The van der Waals surface area contributed by atoms with Crippen LogP contribution in [-0.2, 0) is 34.8 Å². The highest BCUT2D eigenvalue weighted by Crippen LogP contribution is 2.33. The first-order valence-corrected chi connectivity index (χ1v) is 16.5. The van der Waals surface area contributed by atoms with E-state index in [0.717, 1.165) is 19.4 Å². The summed E-state index contributed by atoms with van der Waals surface area (Å²) in [6.45, 7) is 10.5. The number of benzene rings is 1. The van der Waals surface area contributed by atoms with Crippen LogP contribution in [0.25, 0.3) is 28.4 Å². The van der Waals surface area contributed by atoms with E-state index in [-0.39, 0.29) is 16.0 Å². The molecule has 0 atom stereocenters. The van der Waals surface area contributed by atoms with Gasteiger partial charge in [-0.2, -0.15) is 19.5 Å². The predicted octanol–water partition coefficient (Wildman–Crippen LogP) is 2.09. The average Bonchev–Trinajstić information content (AvgIpc) is 3.65. The number of aryl methyl sites for hydroxylation is 1. The highest BCUT2D eigenvalue weighted by Gasteiger charge is 2.30. The van der Waals surface area contributed by atoms with Crippen molar-refractivity contribution < 1.29 is 17.9 Å². The van der Waals surface area contributed by atoms with Gasteiger partial charge in [-0.25, -0.2) is 22.8 Å². The van der Waals surface area contributed by atoms with Gasteiger partial charge in [-0.15, -0.1) is 0 Å². The summed E-state index contributed by atoms with van der Waals surface area (Å²) in [5.74, 6) is 1.20. The number of fused-ring (bicyclic) bond motifs is 1. The summed E-state index contributed by atoms with van der Waals surface area (Å²) in [5.41, 5.74) is 1.38. The number of hydrogen-bond acceptors (Lipinski definition) is 10. The lowest BCUT2D eigenvalue weighted by atomic mass is 10.1. The summed E-state index contributed by atoms with van der Waals surface area (Å²) in [6.07, 6.45) is 3.53. The van der Waals surface area contributed by atoms with Gasteiger partial charge in [0.15, 0.2) is 5.52 Å². The number of methoxy groups -OCH3 is 1. The van der Waals surface area contributed by atoms with Gasteiger partial charge in [0, 0.05) is 40.3 Å². The molecule has 238 valence electrons. The molecule has 1 aromatic carbocycles. The second-order valence-electron chi connectivity index (χ2n) is 10.7. The number of nitrogens with zero attached hydrogens (tertiary/aromatic N) is 9. The van der Waals surface area contributed by atoms with Crippen molar-refractivity contribution in [1.29, 1.82) is 0 Å². The lowest BCUT2D eigenvalue weighted by Crippen LogP contribution is -2.48. The summed E-state index contributed by atoms with van der Waals surface area (Å²) in [7, 11) is -0.568. The minimum Gasteiger partial charge on any atom is -0.493 e. The van der Waals surface area contributed by atoms with Crippen LogP contribution in [0.2, 0.25) is 0 Å². The summed E-state index contributed by atoms with van der Waals surface area (Å²) in [4.78, 5) is 25.6. The Balaban J connectivity index is 1.67. The van der Waals surface area contributed by atoms with Crippen molar-refractivity contribution in [1.82, 2.24) is 43.3 Å². The molecule has 4 heterocycles. The van der Waals surface area contributed by atoms with E-state index >= 15 is 0 Å². The lowest BCUT2D eigenvalue weighted by Gasteiger charge is -2.33. The Labute approximate surface area is 257 Å². The zero-order valence-corrected chi connectivity index (χ0v) is 26.9. The van der Waals surface area contributed by atoms with Gasteiger partial charge in [-0.05, 0) is 37.6 Å². The molecule has 0 radical (unpaired) electrons. The smallest absolute Gasteiger partial charge is 0.281 e. The monoisotopic (exact) mass is 627 g/mol. The van der Waals surface area contributed by atoms with Crippen LogP contribution < -0.4 is 10.3 Å². The van der Waals surface area contributed by atoms with Gasteiger partial charge >= 0.3 is 0 Å². The van der Waals surface area contributed by atoms with Gasteiger partial charge in [0.1, 0.15) is 23.4 Å². The van der Waals surface area contributed by atoms with Crippen LogP contribution in [-0.4, -0.2) is 105 Å². The molecule has 0 aliphatic carbocycles. The van der Waals surface area contributed by atoms with E-state index in [9.17, 15) is 13.2 Å². The van der Waals surface area contributed by atoms with Crippen molar-refractivity contribution in [3.05, 3.63) is 40.6 Å². The highest BCUT2D eigenvalue weighted by molar-refractivity contribution is 7.89. The molecule has 0 bridgehead atoms. The molecule has 0 N–H and O–H groups in total. The Morgan fingerprint density at radius 1 is 1.00 bits per heavy atom. The van der Waals surface area contributed by atoms with E-state index in [1.807, 2.05) is 13.8 Å². The Bertz CT molecular complexity index is 1770. The van der Waals surface area contributed by atoms with E-state index in [0.29, 0.717) is 86.7 Å². The molecule has 44 heavy (non-hydrogen) atoms. The van der Waals surface area contributed by atoms with E-state index in [2.05, 4.69) is 27.0 Å². The van der Waals surface area contributed by atoms with E-state index in [1.165, 1.54) is 15.2 Å². The maximum absolute atomic E-state index is 13.8. The molecular formula is C29H41N9O5S. The quantitative estimate of drug-likeness (QED) is 0.216. The minimum atomic E-state index is -3.79. The molecular weight excluding hydrogens is 586 g/mol. The Kier molecular flexibility index (Phi) is 9.78. The van der Waals surface area contributed by atoms with Crippen LogP contribution >= 0.6 is 0 Å². The molecule has 15 heteroatoms. The molecule has 1 aliphatic rings. The molecule has 0 unspecified atom stereocenters. The van der Waals surface area contributed by atoms with Crippen LogP contribution in [0.1, 0.15) is 39.3 Å². The fraction of sp³-hybridized carbons (Fsp3) is 0.552. The van der Waals surface area contributed by atoms with E-state index in [4.69, 9.17) is 14.5 Å². The fourth-order valence-electron chi connectivity index (χ4n) is 5.38. The van der Waals surface area contributed by atoms with E-state index < -0.39 is 10.0 Å². The molecule has 0 amide bonds. The Morgan fingerprint density at radius 3 is 2.45 bits per heavy atom. The van der Waals surface area contributed by atoms with Crippen molar-refractivity contribution in [2.45, 2.75) is 51.5 Å². The van der Waals surface area contributed by atoms with Crippen molar-refractivity contribution in [2.75, 3.05) is 53.0 Å². The SMILES string of the molecule is CCCOc1ccc(S(=O)(=O)N2CCN(CC)CC2)cc1-c1nc2c(CCC)n(-c3ncnn3CCOC)nc2c(=O)n1C. The number of hydrogen-bond donors (Lipinski definition) is 0. The molecule has 0 saturated carbocycles. The van der Waals surface area contributed by atoms with Crippen LogP contribution in [0.3, 0.4) is 0 Å². The van der Waals surface area contributed by atoms with Gasteiger partial charge in [-0.1, -0.05) is 27.2 Å². The second kappa shape index (κ2) is 13.5. The largest absolute Gasteiger partial charge is 0.493 e. The third-order valence-electron chi connectivity index (χ3n) is 7.84. The number of rotatable bonds is 13. The normalized spacial score (nSPS) is 14.9. The van der Waals surface area contributed by atoms with Crippen molar-refractivity contribution >= 4 is 21.1 Å². The first-order valence-electron chi connectivity index (χ1n) is 15.1. The third kappa shape index (κ3) is 6.01.